The summed E-state index contributed by atoms with van der Waals surface area (Å²) in [4.78, 5) is 25.7. The molecule has 0 aliphatic heterocycles. The number of halogens is 1. The molecule has 0 spiro atoms. The summed E-state index contributed by atoms with van der Waals surface area (Å²) in [5, 5.41) is 10.6. The van der Waals surface area contributed by atoms with Crippen LogP contribution in [0.5, 0.6) is 0 Å². The highest BCUT2D eigenvalue weighted by molar-refractivity contribution is 8.00. The highest BCUT2D eigenvalue weighted by Gasteiger charge is 2.12. The average molecular weight is 357 g/mol. The molecule has 0 N–H and O–H groups in total. The van der Waals surface area contributed by atoms with Gasteiger partial charge in [-0.2, -0.15) is 0 Å². The van der Waals surface area contributed by atoms with Crippen LogP contribution in [0.3, 0.4) is 0 Å². The zero-order chi connectivity index (χ0) is 16.1. The molecule has 0 atom stereocenters. The number of nitro groups is 1. The Morgan fingerprint density at radius 2 is 2.00 bits per heavy atom. The molecule has 0 unspecified atom stereocenters. The van der Waals surface area contributed by atoms with E-state index in [1.165, 1.54) is 35.2 Å². The van der Waals surface area contributed by atoms with Gasteiger partial charge in [0.25, 0.3) is 5.69 Å². The van der Waals surface area contributed by atoms with Crippen LogP contribution >= 0.6 is 34.7 Å². The number of rotatable bonds is 6. The van der Waals surface area contributed by atoms with Crippen LogP contribution in [0.25, 0.3) is 0 Å². The van der Waals surface area contributed by atoms with Gasteiger partial charge in [-0.15, -0.1) is 23.1 Å². The fourth-order valence-electron chi connectivity index (χ4n) is 1.68. The van der Waals surface area contributed by atoms with Crippen LogP contribution in [-0.2, 0) is 11.3 Å². The Morgan fingerprint density at radius 1 is 1.32 bits per heavy atom. The first-order chi connectivity index (χ1) is 10.5. The van der Waals surface area contributed by atoms with Gasteiger partial charge in [0.05, 0.1) is 21.6 Å². The molecule has 2 aromatic rings. The summed E-state index contributed by atoms with van der Waals surface area (Å²) in [6.45, 7) is 0.525. The van der Waals surface area contributed by atoms with Gasteiger partial charge in [-0.25, -0.2) is 0 Å². The number of carbonyl (C=O) groups is 1. The molecule has 0 aliphatic rings. The number of amides is 1. The largest absolute Gasteiger partial charge is 0.340 e. The van der Waals surface area contributed by atoms with Gasteiger partial charge in [-0.1, -0.05) is 11.6 Å². The van der Waals surface area contributed by atoms with E-state index in [0.29, 0.717) is 10.9 Å². The van der Waals surface area contributed by atoms with Crippen molar-refractivity contribution >= 4 is 46.3 Å². The summed E-state index contributed by atoms with van der Waals surface area (Å²) in [5.41, 5.74) is 0.0439. The molecule has 0 radical (unpaired) electrons. The van der Waals surface area contributed by atoms with Gasteiger partial charge in [-0.05, 0) is 24.3 Å². The standard InChI is InChI=1S/C14H13ClN2O3S2/c1-16(8-12-6-7-13(15)22-12)14(18)9-21-11-4-2-10(3-5-11)17(19)20/h2-7H,8-9H2,1H3. The zero-order valence-electron chi connectivity index (χ0n) is 11.7. The molecular weight excluding hydrogens is 344 g/mol. The Morgan fingerprint density at radius 3 is 2.55 bits per heavy atom. The number of thiophene rings is 1. The fraction of sp³-hybridized carbons (Fsp3) is 0.214. The number of carbonyl (C=O) groups excluding carboxylic acids is 1. The molecule has 1 amide bonds. The minimum absolute atomic E-state index is 0.00660. The van der Waals surface area contributed by atoms with E-state index in [4.69, 9.17) is 11.6 Å². The number of benzene rings is 1. The van der Waals surface area contributed by atoms with E-state index in [1.54, 1.807) is 24.1 Å². The van der Waals surface area contributed by atoms with Gasteiger partial charge < -0.3 is 4.90 Å². The van der Waals surface area contributed by atoms with Crippen LogP contribution in [-0.4, -0.2) is 28.5 Å². The van der Waals surface area contributed by atoms with Gasteiger partial charge >= 0.3 is 0 Å². The minimum Gasteiger partial charge on any atom is -0.340 e. The summed E-state index contributed by atoms with van der Waals surface area (Å²) >= 11 is 8.67. The third-order valence-corrected chi connectivity index (χ3v) is 5.07. The van der Waals surface area contributed by atoms with Crippen LogP contribution in [0.1, 0.15) is 4.88 Å². The number of thioether (sulfide) groups is 1. The van der Waals surface area contributed by atoms with Crippen molar-refractivity contribution in [1.29, 1.82) is 0 Å². The first kappa shape index (κ1) is 16.8. The number of nitrogens with zero attached hydrogens (tertiary/aromatic N) is 2. The predicted octanol–water partition coefficient (Wildman–Crippen LogP) is 4.06. The van der Waals surface area contributed by atoms with Crippen LogP contribution in [0.2, 0.25) is 4.34 Å². The summed E-state index contributed by atoms with van der Waals surface area (Å²) in [6.07, 6.45) is 0. The SMILES string of the molecule is CN(Cc1ccc(Cl)s1)C(=O)CSc1ccc([N+](=O)[O-])cc1. The minimum atomic E-state index is -0.445. The molecule has 1 aromatic carbocycles. The second-order valence-electron chi connectivity index (χ2n) is 4.50. The molecule has 8 heteroatoms. The van der Waals surface area contributed by atoms with E-state index >= 15 is 0 Å². The number of nitro benzene ring substituents is 1. The third kappa shape index (κ3) is 4.72. The summed E-state index contributed by atoms with van der Waals surface area (Å²) in [7, 11) is 1.74. The molecular formula is C14H13ClN2O3S2. The van der Waals surface area contributed by atoms with Crippen molar-refractivity contribution < 1.29 is 9.72 Å². The predicted molar refractivity (Wildman–Crippen MR) is 89.6 cm³/mol. The van der Waals surface area contributed by atoms with Crippen molar-refractivity contribution in [3.8, 4) is 0 Å². The molecule has 1 heterocycles. The van der Waals surface area contributed by atoms with Gasteiger partial charge in [0, 0.05) is 29.0 Å². The third-order valence-electron chi connectivity index (χ3n) is 2.86. The lowest BCUT2D eigenvalue weighted by molar-refractivity contribution is -0.384. The van der Waals surface area contributed by atoms with Gasteiger partial charge in [0.2, 0.25) is 5.91 Å². The highest BCUT2D eigenvalue weighted by atomic mass is 35.5. The van der Waals surface area contributed by atoms with E-state index < -0.39 is 4.92 Å². The molecule has 2 rings (SSSR count). The number of non-ortho nitro benzene ring substituents is 1. The molecule has 0 fully saturated rings. The molecule has 0 saturated carbocycles. The van der Waals surface area contributed by atoms with Crippen molar-refractivity contribution in [1.82, 2.24) is 4.90 Å². The number of hydrogen-bond acceptors (Lipinski definition) is 5. The Labute approximate surface area is 141 Å². The monoisotopic (exact) mass is 356 g/mol. The van der Waals surface area contributed by atoms with E-state index in [9.17, 15) is 14.9 Å². The summed E-state index contributed by atoms with van der Waals surface area (Å²) < 4.78 is 0.705. The first-order valence-electron chi connectivity index (χ1n) is 6.31. The topological polar surface area (TPSA) is 63.5 Å². The van der Waals surface area contributed by atoms with Crippen LogP contribution < -0.4 is 0 Å². The lowest BCUT2D eigenvalue weighted by atomic mass is 10.3. The second kappa shape index (κ2) is 7.62. The average Bonchev–Trinajstić information content (AvgIpc) is 2.90. The maximum absolute atomic E-state index is 12.1. The Hall–Kier alpha value is -1.57. The lowest BCUT2D eigenvalue weighted by Gasteiger charge is -2.15. The first-order valence-corrected chi connectivity index (χ1v) is 8.49. The van der Waals surface area contributed by atoms with Crippen LogP contribution in [0.4, 0.5) is 5.69 Å². The van der Waals surface area contributed by atoms with Gasteiger partial charge in [0.1, 0.15) is 0 Å². The second-order valence-corrected chi connectivity index (χ2v) is 7.34. The van der Waals surface area contributed by atoms with E-state index in [0.717, 1.165) is 9.77 Å². The molecule has 116 valence electrons. The Kier molecular flexibility index (Phi) is 5.82. The van der Waals surface area contributed by atoms with Crippen molar-refractivity contribution in [3.63, 3.8) is 0 Å². The normalized spacial score (nSPS) is 10.5. The van der Waals surface area contributed by atoms with Gasteiger partial charge in [-0.3, -0.25) is 14.9 Å². The van der Waals surface area contributed by atoms with E-state index in [1.807, 2.05) is 12.1 Å². The maximum Gasteiger partial charge on any atom is 0.269 e. The molecule has 0 aliphatic carbocycles. The molecule has 0 saturated heterocycles. The van der Waals surface area contributed by atoms with E-state index in [-0.39, 0.29) is 17.3 Å². The quantitative estimate of drug-likeness (QED) is 0.445. The maximum atomic E-state index is 12.1. The molecule has 22 heavy (non-hydrogen) atoms. The van der Waals surface area contributed by atoms with Crippen molar-refractivity contribution in [3.05, 3.63) is 55.7 Å². The van der Waals surface area contributed by atoms with Crippen molar-refractivity contribution in [2.75, 3.05) is 12.8 Å². The molecule has 1 aromatic heterocycles. The highest BCUT2D eigenvalue weighted by Crippen LogP contribution is 2.24. The molecule has 5 nitrogen and oxygen atoms in total. The van der Waals surface area contributed by atoms with Crippen molar-refractivity contribution in [2.24, 2.45) is 0 Å². The fourth-order valence-corrected chi connectivity index (χ4v) is 3.66. The summed E-state index contributed by atoms with van der Waals surface area (Å²) in [5.74, 6) is 0.279. The number of hydrogen-bond donors (Lipinski definition) is 0. The smallest absolute Gasteiger partial charge is 0.269 e. The zero-order valence-corrected chi connectivity index (χ0v) is 14.1. The Balaban J connectivity index is 1.85. The lowest BCUT2D eigenvalue weighted by Crippen LogP contribution is -2.27. The van der Waals surface area contributed by atoms with Crippen LogP contribution in [0, 0.1) is 10.1 Å². The summed E-state index contributed by atoms with van der Waals surface area (Å²) in [6, 6.07) is 9.88. The van der Waals surface area contributed by atoms with E-state index in [2.05, 4.69) is 0 Å². The van der Waals surface area contributed by atoms with Gasteiger partial charge in [0.15, 0.2) is 0 Å². The van der Waals surface area contributed by atoms with Crippen LogP contribution in [0.15, 0.2) is 41.3 Å². The Bertz CT molecular complexity index is 673. The van der Waals surface area contributed by atoms with Crippen molar-refractivity contribution in [2.45, 2.75) is 11.4 Å². The molecule has 0 bridgehead atoms.